The molecular weight excluding hydrogens is 246 g/mol. The molecule has 0 saturated carbocycles. The van der Waals surface area contributed by atoms with Crippen LogP contribution in [-0.4, -0.2) is 9.78 Å². The largest absolute Gasteiger partial charge is 0.383 e. The Labute approximate surface area is 71.5 Å². The smallest absolute Gasteiger partial charge is 0.0934 e. The van der Waals surface area contributed by atoms with Gasteiger partial charge in [0.05, 0.1) is 9.78 Å². The van der Waals surface area contributed by atoms with Gasteiger partial charge in [-0.05, 0) is 12.3 Å². The molecule has 50 valence electrons. The topological polar surface area (TPSA) is 12.0 Å². The zero-order chi connectivity index (χ0) is 6.69. The second-order valence-electron chi connectivity index (χ2n) is 1.77. The lowest BCUT2D eigenvalue weighted by Gasteiger charge is -2.16. The van der Waals surface area contributed by atoms with Crippen LogP contribution in [0.15, 0.2) is 24.4 Å². The average molecular weight is 253 g/mol. The highest BCUT2D eigenvalue weighted by atomic mass is 79.9. The van der Waals surface area contributed by atoms with Crippen LogP contribution in [0.5, 0.6) is 0 Å². The summed E-state index contributed by atoms with van der Waals surface area (Å²) in [5.41, 5.74) is 0. The molecule has 1 N–H and O–H groups in total. The maximum Gasteiger partial charge on any atom is 0.0934 e. The van der Waals surface area contributed by atoms with Crippen LogP contribution in [0.4, 0.5) is 0 Å². The van der Waals surface area contributed by atoms with Crippen LogP contribution in [0.1, 0.15) is 0 Å². The van der Waals surface area contributed by atoms with Crippen molar-refractivity contribution in [2.75, 3.05) is 0 Å². The van der Waals surface area contributed by atoms with E-state index in [2.05, 4.69) is 43.3 Å². The summed E-state index contributed by atoms with van der Waals surface area (Å²) >= 11 is 6.81. The second-order valence-corrected chi connectivity index (χ2v) is 4.97. The van der Waals surface area contributed by atoms with Gasteiger partial charge < -0.3 is 5.32 Å². The summed E-state index contributed by atoms with van der Waals surface area (Å²) in [5.74, 6) is 0. The number of nitrogens with one attached hydrogen (secondary N) is 1. The third-order valence-corrected chi connectivity index (χ3v) is 2.23. The number of alkyl halides is 2. The van der Waals surface area contributed by atoms with Gasteiger partial charge in [-0.1, -0.05) is 44.0 Å². The lowest BCUT2D eigenvalue weighted by atomic mass is 10.2. The molecule has 1 rings (SSSR count). The van der Waals surface area contributed by atoms with Crippen LogP contribution in [0.2, 0.25) is 0 Å². The third kappa shape index (κ3) is 2.14. The molecule has 1 aliphatic heterocycles. The molecule has 0 aromatic rings. The quantitative estimate of drug-likeness (QED) is 0.706. The van der Waals surface area contributed by atoms with Gasteiger partial charge >= 0.3 is 0 Å². The maximum absolute atomic E-state index is 3.40. The summed E-state index contributed by atoms with van der Waals surface area (Å²) in [6.07, 6.45) is 8.02. The first-order valence-corrected chi connectivity index (χ1v) is 4.51. The van der Waals surface area contributed by atoms with Crippen molar-refractivity contribution >= 4 is 31.9 Å². The van der Waals surface area contributed by atoms with Crippen molar-refractivity contribution < 1.29 is 0 Å². The van der Waals surface area contributed by atoms with E-state index in [0.29, 0.717) is 9.78 Å². The number of allylic oxidation sites excluding steroid dienone is 2. The standard InChI is InChI=1S/C6H7Br2N/c7-6(8)5-3-1-2-4-9-5/h1-6,9H. The van der Waals surface area contributed by atoms with Crippen LogP contribution < -0.4 is 5.32 Å². The van der Waals surface area contributed by atoms with Crippen molar-refractivity contribution in [3.05, 3.63) is 24.4 Å². The van der Waals surface area contributed by atoms with E-state index in [4.69, 9.17) is 0 Å². The van der Waals surface area contributed by atoms with Gasteiger partial charge in [-0.25, -0.2) is 0 Å². The fraction of sp³-hybridized carbons (Fsp3) is 0.333. The van der Waals surface area contributed by atoms with Gasteiger partial charge in [0, 0.05) is 0 Å². The number of halogens is 2. The summed E-state index contributed by atoms with van der Waals surface area (Å²) < 4.78 is 0.311. The lowest BCUT2D eigenvalue weighted by Crippen LogP contribution is -2.28. The first-order valence-electron chi connectivity index (χ1n) is 2.68. The molecule has 0 saturated heterocycles. The summed E-state index contributed by atoms with van der Waals surface area (Å²) in [5, 5.41) is 3.16. The minimum absolute atomic E-state index is 0.311. The van der Waals surface area contributed by atoms with E-state index < -0.39 is 0 Å². The summed E-state index contributed by atoms with van der Waals surface area (Å²) in [6.45, 7) is 0. The van der Waals surface area contributed by atoms with Crippen LogP contribution in [0.25, 0.3) is 0 Å². The number of hydrogen-bond acceptors (Lipinski definition) is 1. The normalized spacial score (nSPS) is 24.6. The van der Waals surface area contributed by atoms with E-state index in [0.717, 1.165) is 0 Å². The predicted octanol–water partition coefficient (Wildman–Crippen LogP) is 2.14. The molecular formula is C6H7Br2N. The van der Waals surface area contributed by atoms with Crippen molar-refractivity contribution in [2.45, 2.75) is 9.78 Å². The van der Waals surface area contributed by atoms with Crippen LogP contribution in [0, 0.1) is 0 Å². The van der Waals surface area contributed by atoms with Crippen LogP contribution >= 0.6 is 31.9 Å². The minimum atomic E-state index is 0.311. The highest BCUT2D eigenvalue weighted by Gasteiger charge is 2.10. The third-order valence-electron chi connectivity index (χ3n) is 1.09. The zero-order valence-electron chi connectivity index (χ0n) is 4.72. The number of hydrogen-bond donors (Lipinski definition) is 1. The first kappa shape index (κ1) is 7.35. The Morgan fingerprint density at radius 2 is 2.11 bits per heavy atom. The van der Waals surface area contributed by atoms with E-state index in [1.807, 2.05) is 18.4 Å². The molecule has 1 aliphatic rings. The maximum atomic E-state index is 3.40. The molecule has 9 heavy (non-hydrogen) atoms. The monoisotopic (exact) mass is 251 g/mol. The molecule has 1 unspecified atom stereocenters. The van der Waals surface area contributed by atoms with E-state index in [1.54, 1.807) is 0 Å². The molecule has 1 atom stereocenters. The van der Waals surface area contributed by atoms with Gasteiger partial charge in [0.2, 0.25) is 0 Å². The highest BCUT2D eigenvalue weighted by molar-refractivity contribution is 9.24. The Hall–Kier alpha value is 0.240. The molecule has 0 bridgehead atoms. The van der Waals surface area contributed by atoms with Crippen molar-refractivity contribution in [3.63, 3.8) is 0 Å². The Kier molecular flexibility index (Phi) is 2.79. The van der Waals surface area contributed by atoms with Crippen molar-refractivity contribution in [3.8, 4) is 0 Å². The van der Waals surface area contributed by atoms with Crippen molar-refractivity contribution in [1.29, 1.82) is 0 Å². The van der Waals surface area contributed by atoms with E-state index in [9.17, 15) is 0 Å². The van der Waals surface area contributed by atoms with Gasteiger partial charge in [0.1, 0.15) is 0 Å². The Morgan fingerprint density at radius 3 is 2.44 bits per heavy atom. The zero-order valence-corrected chi connectivity index (χ0v) is 7.89. The molecule has 0 fully saturated rings. The fourth-order valence-corrected chi connectivity index (χ4v) is 1.28. The van der Waals surface area contributed by atoms with Gasteiger partial charge in [-0.15, -0.1) is 0 Å². The Morgan fingerprint density at radius 1 is 1.33 bits per heavy atom. The van der Waals surface area contributed by atoms with Crippen molar-refractivity contribution in [1.82, 2.24) is 5.32 Å². The molecule has 1 nitrogen and oxygen atoms in total. The van der Waals surface area contributed by atoms with E-state index in [1.165, 1.54) is 0 Å². The van der Waals surface area contributed by atoms with E-state index >= 15 is 0 Å². The Balaban J connectivity index is 2.46. The first-order chi connectivity index (χ1) is 4.30. The SMILES string of the molecule is BrC(Br)C1C=CC=CN1. The molecule has 3 heteroatoms. The predicted molar refractivity (Wildman–Crippen MR) is 46.8 cm³/mol. The van der Waals surface area contributed by atoms with Gasteiger partial charge in [0.15, 0.2) is 0 Å². The highest BCUT2D eigenvalue weighted by Crippen LogP contribution is 2.15. The molecule has 0 spiro atoms. The average Bonchev–Trinajstić information content (AvgIpc) is 1.90. The van der Waals surface area contributed by atoms with Gasteiger partial charge in [0.25, 0.3) is 0 Å². The van der Waals surface area contributed by atoms with Gasteiger partial charge in [-0.3, -0.25) is 0 Å². The molecule has 0 radical (unpaired) electrons. The summed E-state index contributed by atoms with van der Waals surface area (Å²) in [7, 11) is 0. The number of dihydropyridines is 1. The van der Waals surface area contributed by atoms with E-state index in [-0.39, 0.29) is 0 Å². The van der Waals surface area contributed by atoms with Crippen LogP contribution in [0.3, 0.4) is 0 Å². The van der Waals surface area contributed by atoms with Crippen molar-refractivity contribution in [2.24, 2.45) is 0 Å². The molecule has 0 aromatic carbocycles. The number of rotatable bonds is 1. The van der Waals surface area contributed by atoms with Crippen LogP contribution in [-0.2, 0) is 0 Å². The van der Waals surface area contributed by atoms with Gasteiger partial charge in [-0.2, -0.15) is 0 Å². The minimum Gasteiger partial charge on any atom is -0.383 e. The molecule has 1 heterocycles. The summed E-state index contributed by atoms with van der Waals surface area (Å²) in [4.78, 5) is 0. The molecule has 0 aromatic heterocycles. The second kappa shape index (κ2) is 3.42. The lowest BCUT2D eigenvalue weighted by molar-refractivity contribution is 0.759. The molecule has 0 aliphatic carbocycles. The fourth-order valence-electron chi connectivity index (χ4n) is 0.618. The Bertz CT molecular complexity index is 140. The summed E-state index contributed by atoms with van der Waals surface area (Å²) in [6, 6.07) is 0.370. The molecule has 0 amide bonds.